The van der Waals surface area contributed by atoms with E-state index < -0.39 is 0 Å². The van der Waals surface area contributed by atoms with E-state index in [1.165, 1.54) is 11.6 Å². The first-order valence-electron chi connectivity index (χ1n) is 11.5. The SMILES string of the molecule is C#Cc1ccc(CC(=O)[C@H](C)C2C[C@H]3CC(c4ccnc5ccc(F)cc45)C[C@H]3C2)nc1. The minimum absolute atomic E-state index is 0.0454. The predicted molar refractivity (Wildman–Crippen MR) is 123 cm³/mol. The average Bonchev–Trinajstić information content (AvgIpc) is 3.38. The molecule has 2 unspecified atom stereocenters. The molecule has 2 heterocycles. The molecule has 0 spiro atoms. The van der Waals surface area contributed by atoms with Gasteiger partial charge in [0.1, 0.15) is 11.6 Å². The van der Waals surface area contributed by atoms with E-state index in [0.717, 1.165) is 47.8 Å². The third kappa shape index (κ3) is 3.93. The monoisotopic (exact) mass is 426 g/mol. The predicted octanol–water partition coefficient (Wildman–Crippen LogP) is 5.72. The molecule has 4 heteroatoms. The van der Waals surface area contributed by atoms with Gasteiger partial charge in [-0.1, -0.05) is 12.8 Å². The number of nitrogens with zero attached hydrogens (tertiary/aromatic N) is 2. The van der Waals surface area contributed by atoms with Gasteiger partial charge in [-0.3, -0.25) is 14.8 Å². The third-order valence-electron chi connectivity index (χ3n) is 7.79. The van der Waals surface area contributed by atoms with E-state index in [1.54, 1.807) is 18.3 Å². The van der Waals surface area contributed by atoms with E-state index in [0.29, 0.717) is 30.1 Å². The Morgan fingerprint density at radius 3 is 2.59 bits per heavy atom. The minimum atomic E-state index is -0.208. The highest BCUT2D eigenvalue weighted by molar-refractivity contribution is 5.83. The summed E-state index contributed by atoms with van der Waals surface area (Å²) < 4.78 is 13.9. The number of ketones is 1. The maximum atomic E-state index is 13.9. The molecule has 2 aromatic heterocycles. The Bertz CT molecular complexity index is 1180. The summed E-state index contributed by atoms with van der Waals surface area (Å²) in [5, 5.41) is 0.945. The zero-order chi connectivity index (χ0) is 22.2. The van der Waals surface area contributed by atoms with Crippen LogP contribution in [-0.4, -0.2) is 15.8 Å². The quantitative estimate of drug-likeness (QED) is 0.490. The van der Waals surface area contributed by atoms with Crippen LogP contribution < -0.4 is 0 Å². The fourth-order valence-corrected chi connectivity index (χ4v) is 6.04. The summed E-state index contributed by atoms with van der Waals surface area (Å²) in [5.74, 6) is 4.83. The highest BCUT2D eigenvalue weighted by Gasteiger charge is 2.44. The maximum absolute atomic E-state index is 13.9. The topological polar surface area (TPSA) is 42.9 Å². The molecule has 0 radical (unpaired) electrons. The van der Waals surface area contributed by atoms with Crippen molar-refractivity contribution in [2.75, 3.05) is 0 Å². The molecule has 32 heavy (non-hydrogen) atoms. The Labute approximate surface area is 188 Å². The van der Waals surface area contributed by atoms with Crippen LogP contribution in [0, 0.1) is 41.8 Å². The highest BCUT2D eigenvalue weighted by Crippen LogP contribution is 2.54. The van der Waals surface area contributed by atoms with Crippen LogP contribution in [0.15, 0.2) is 48.8 Å². The largest absolute Gasteiger partial charge is 0.299 e. The number of fused-ring (bicyclic) bond motifs is 2. The molecule has 2 aliphatic carbocycles. The number of hydrogen-bond acceptors (Lipinski definition) is 3. The zero-order valence-electron chi connectivity index (χ0n) is 18.3. The number of aromatic nitrogens is 2. The van der Waals surface area contributed by atoms with Crippen molar-refractivity contribution in [2.24, 2.45) is 23.7 Å². The van der Waals surface area contributed by atoms with Gasteiger partial charge in [0.05, 0.1) is 5.52 Å². The van der Waals surface area contributed by atoms with Crippen LogP contribution in [0.5, 0.6) is 0 Å². The van der Waals surface area contributed by atoms with E-state index >= 15 is 0 Å². The number of Topliss-reactive ketones (excluding diaryl/α,β-unsaturated/α-hetero) is 1. The van der Waals surface area contributed by atoms with Crippen LogP contribution in [-0.2, 0) is 11.2 Å². The second kappa shape index (κ2) is 8.47. The summed E-state index contributed by atoms with van der Waals surface area (Å²) in [6, 6.07) is 10.6. The average molecular weight is 427 g/mol. The molecule has 0 aliphatic heterocycles. The van der Waals surface area contributed by atoms with Gasteiger partial charge < -0.3 is 0 Å². The molecule has 5 atom stereocenters. The normalized spacial score (nSPS) is 25.4. The van der Waals surface area contributed by atoms with Gasteiger partial charge in [0, 0.05) is 41.4 Å². The number of rotatable bonds is 5. The number of carbonyl (C=O) groups excluding carboxylic acids is 1. The lowest BCUT2D eigenvalue weighted by atomic mass is 9.83. The Hall–Kier alpha value is -3.06. The van der Waals surface area contributed by atoms with Crippen LogP contribution in [0.1, 0.15) is 55.3 Å². The number of pyridine rings is 2. The molecule has 2 fully saturated rings. The van der Waals surface area contributed by atoms with Crippen LogP contribution >= 0.6 is 0 Å². The van der Waals surface area contributed by atoms with Crippen molar-refractivity contribution in [1.29, 1.82) is 0 Å². The summed E-state index contributed by atoms with van der Waals surface area (Å²) in [7, 11) is 0. The maximum Gasteiger partial charge on any atom is 0.141 e. The van der Waals surface area contributed by atoms with Crippen molar-refractivity contribution in [3.8, 4) is 12.3 Å². The first kappa shape index (κ1) is 20.8. The first-order valence-corrected chi connectivity index (χ1v) is 11.5. The summed E-state index contributed by atoms with van der Waals surface area (Å²) in [5.41, 5.74) is 3.61. The summed E-state index contributed by atoms with van der Waals surface area (Å²) in [4.78, 5) is 21.7. The molecule has 2 aliphatic rings. The molecule has 1 aromatic carbocycles. The van der Waals surface area contributed by atoms with Crippen molar-refractivity contribution < 1.29 is 9.18 Å². The standard InChI is InChI=1S/C28H27FN2O/c1-3-18-4-6-24(31-16-18)15-28(32)17(2)19-10-20-12-22(13-21(20)11-19)25-8-9-30-27-7-5-23(29)14-26(25)27/h1,4-9,14,16-17,19-22H,10-13,15H2,2H3/t17-,19?,20-,21+,22?/m1/s1. The molecule has 3 aromatic rings. The number of benzene rings is 1. The summed E-state index contributed by atoms with van der Waals surface area (Å²) in [6.45, 7) is 2.08. The van der Waals surface area contributed by atoms with Crippen LogP contribution in [0.25, 0.3) is 10.9 Å². The van der Waals surface area contributed by atoms with Gasteiger partial charge in [0.2, 0.25) is 0 Å². The molecule has 0 N–H and O–H groups in total. The molecule has 0 bridgehead atoms. The van der Waals surface area contributed by atoms with Crippen molar-refractivity contribution in [1.82, 2.24) is 9.97 Å². The smallest absolute Gasteiger partial charge is 0.141 e. The van der Waals surface area contributed by atoms with Crippen LogP contribution in [0.3, 0.4) is 0 Å². The molecule has 5 rings (SSSR count). The Morgan fingerprint density at radius 2 is 1.91 bits per heavy atom. The molecule has 3 nitrogen and oxygen atoms in total. The number of carbonyl (C=O) groups is 1. The van der Waals surface area contributed by atoms with Gasteiger partial charge in [0.15, 0.2) is 0 Å². The Kier molecular flexibility index (Phi) is 5.51. The van der Waals surface area contributed by atoms with Gasteiger partial charge >= 0.3 is 0 Å². The second-order valence-electron chi connectivity index (χ2n) is 9.60. The van der Waals surface area contributed by atoms with Gasteiger partial charge in [-0.2, -0.15) is 0 Å². The highest BCUT2D eigenvalue weighted by atomic mass is 19.1. The molecule has 0 amide bonds. The molecule has 162 valence electrons. The third-order valence-corrected chi connectivity index (χ3v) is 7.79. The summed E-state index contributed by atoms with van der Waals surface area (Å²) in [6.07, 6.45) is 13.7. The Balaban J connectivity index is 1.23. The molecular weight excluding hydrogens is 399 g/mol. The van der Waals surface area contributed by atoms with Crippen molar-refractivity contribution in [2.45, 2.75) is 44.9 Å². The minimum Gasteiger partial charge on any atom is -0.299 e. The van der Waals surface area contributed by atoms with Crippen molar-refractivity contribution in [3.63, 3.8) is 0 Å². The van der Waals surface area contributed by atoms with Crippen LogP contribution in [0.4, 0.5) is 4.39 Å². The van der Waals surface area contributed by atoms with Crippen LogP contribution in [0.2, 0.25) is 0 Å². The lowest BCUT2D eigenvalue weighted by molar-refractivity contribution is -0.123. The number of halogens is 1. The van der Waals surface area contributed by atoms with Gasteiger partial charge in [0.25, 0.3) is 0 Å². The zero-order valence-corrected chi connectivity index (χ0v) is 18.3. The fraction of sp³-hybridized carbons (Fsp3) is 0.393. The lowest BCUT2D eigenvalue weighted by Crippen LogP contribution is -2.22. The lowest BCUT2D eigenvalue weighted by Gasteiger charge is -2.21. The van der Waals surface area contributed by atoms with E-state index in [-0.39, 0.29) is 17.5 Å². The van der Waals surface area contributed by atoms with Crippen molar-refractivity contribution >= 4 is 16.7 Å². The fourth-order valence-electron chi connectivity index (χ4n) is 6.04. The van der Waals surface area contributed by atoms with E-state index in [4.69, 9.17) is 6.42 Å². The van der Waals surface area contributed by atoms with Gasteiger partial charge in [-0.25, -0.2) is 4.39 Å². The summed E-state index contributed by atoms with van der Waals surface area (Å²) >= 11 is 0. The Morgan fingerprint density at radius 1 is 1.12 bits per heavy atom. The van der Waals surface area contributed by atoms with E-state index in [1.807, 2.05) is 18.3 Å². The van der Waals surface area contributed by atoms with Crippen molar-refractivity contribution in [3.05, 3.63) is 71.4 Å². The number of terminal acetylenes is 1. The molecule has 2 saturated carbocycles. The van der Waals surface area contributed by atoms with Gasteiger partial charge in [-0.15, -0.1) is 6.42 Å². The number of hydrogen-bond donors (Lipinski definition) is 0. The van der Waals surface area contributed by atoms with E-state index in [9.17, 15) is 9.18 Å². The van der Waals surface area contributed by atoms with E-state index in [2.05, 4.69) is 28.9 Å². The molecular formula is C28H27FN2O. The first-order chi connectivity index (χ1) is 15.5. The van der Waals surface area contributed by atoms with Gasteiger partial charge in [-0.05, 0) is 91.3 Å². The second-order valence-corrected chi connectivity index (χ2v) is 9.60. The molecule has 0 saturated heterocycles.